The van der Waals surface area contributed by atoms with Crippen LogP contribution in [-0.2, 0) is 41.5 Å². The van der Waals surface area contributed by atoms with Crippen LogP contribution in [0.2, 0.25) is 0 Å². The summed E-state index contributed by atoms with van der Waals surface area (Å²) in [5.41, 5.74) is 2.82. The topological polar surface area (TPSA) is 56.8 Å². The molecule has 0 N–H and O–H groups in total. The van der Waals surface area contributed by atoms with Gasteiger partial charge in [-0.15, -0.1) is 0 Å². The Balaban J connectivity index is 1.25. The fraction of sp³-hybridized carbons (Fsp3) is 0.233. The molecule has 2 amide bonds. The van der Waals surface area contributed by atoms with Crippen LogP contribution in [0, 0.1) is 0 Å². The van der Waals surface area contributed by atoms with Crippen LogP contribution in [0.15, 0.2) is 134 Å². The lowest BCUT2D eigenvalue weighted by molar-refractivity contribution is -0.145. The van der Waals surface area contributed by atoms with E-state index in [1.54, 1.807) is 11.1 Å². The number of benzene rings is 4. The number of carbonyl (C=O) groups excluding carboxylic acids is 2. The van der Waals surface area contributed by atoms with Gasteiger partial charge in [0.25, 0.3) is 0 Å². The maximum atomic E-state index is 14.5. The van der Waals surface area contributed by atoms with Crippen LogP contribution in [0.25, 0.3) is 17.3 Å². The van der Waals surface area contributed by atoms with Crippen molar-refractivity contribution in [3.8, 4) is 11.3 Å². The molecule has 4 aromatic carbocycles. The average Bonchev–Trinajstić information content (AvgIpc) is 3.19. The molecule has 6 rings (SSSR count). The number of hydrogen-bond acceptors (Lipinski definition) is 4. The zero-order valence-corrected chi connectivity index (χ0v) is 29.7. The van der Waals surface area contributed by atoms with Gasteiger partial charge in [0.05, 0.1) is 16.8 Å². The fourth-order valence-corrected chi connectivity index (χ4v) is 6.46. The molecule has 0 aliphatic carbocycles. The fourth-order valence-electron chi connectivity index (χ4n) is 6.46. The number of carbonyl (C=O) groups is 2. The molecule has 0 bridgehead atoms. The van der Waals surface area contributed by atoms with E-state index in [2.05, 4.69) is 9.88 Å². The highest BCUT2D eigenvalue weighted by Gasteiger charge is 2.35. The van der Waals surface area contributed by atoms with Crippen molar-refractivity contribution < 1.29 is 35.9 Å². The van der Waals surface area contributed by atoms with E-state index in [0.717, 1.165) is 52.2 Å². The number of piperazine rings is 1. The number of nitrogens with zero attached hydrogens (tertiary/aromatic N) is 4. The highest BCUT2D eigenvalue weighted by Crippen LogP contribution is 2.30. The molecule has 1 atom stereocenters. The van der Waals surface area contributed by atoms with E-state index < -0.39 is 35.4 Å². The van der Waals surface area contributed by atoms with Gasteiger partial charge in [-0.1, -0.05) is 84.9 Å². The molecule has 0 saturated carbocycles. The van der Waals surface area contributed by atoms with Gasteiger partial charge in [0.1, 0.15) is 6.04 Å². The van der Waals surface area contributed by atoms with Crippen molar-refractivity contribution in [2.75, 3.05) is 26.2 Å². The Morgan fingerprint density at radius 1 is 0.673 bits per heavy atom. The van der Waals surface area contributed by atoms with E-state index in [-0.39, 0.29) is 18.9 Å². The Bertz CT molecular complexity index is 2040. The monoisotopic (exact) mass is 756 g/mol. The quantitative estimate of drug-likeness (QED) is 0.1000. The van der Waals surface area contributed by atoms with Gasteiger partial charge in [0.15, 0.2) is 0 Å². The maximum Gasteiger partial charge on any atom is 0.416 e. The molecule has 0 unspecified atom stereocenters. The van der Waals surface area contributed by atoms with Crippen LogP contribution in [0.1, 0.15) is 33.4 Å². The van der Waals surface area contributed by atoms with Crippen LogP contribution in [0.4, 0.5) is 26.3 Å². The lowest BCUT2D eigenvalue weighted by Gasteiger charge is -2.39. The summed E-state index contributed by atoms with van der Waals surface area (Å²) in [6.45, 7) is 2.11. The molecule has 1 aliphatic rings. The Hall–Kier alpha value is -5.75. The number of alkyl halides is 6. The van der Waals surface area contributed by atoms with Gasteiger partial charge in [-0.2, -0.15) is 26.3 Å². The largest absolute Gasteiger partial charge is 0.416 e. The molecule has 5 aromatic rings. The van der Waals surface area contributed by atoms with E-state index in [4.69, 9.17) is 0 Å². The van der Waals surface area contributed by atoms with Crippen molar-refractivity contribution in [1.29, 1.82) is 0 Å². The zero-order valence-electron chi connectivity index (χ0n) is 29.7. The van der Waals surface area contributed by atoms with Gasteiger partial charge < -0.3 is 9.80 Å². The number of amides is 2. The number of pyridine rings is 1. The maximum absolute atomic E-state index is 14.5. The van der Waals surface area contributed by atoms with Crippen molar-refractivity contribution in [2.45, 2.75) is 37.9 Å². The molecule has 284 valence electrons. The van der Waals surface area contributed by atoms with Crippen molar-refractivity contribution in [3.63, 3.8) is 0 Å². The third-order valence-electron chi connectivity index (χ3n) is 9.51. The molecule has 2 heterocycles. The van der Waals surface area contributed by atoms with Crippen molar-refractivity contribution in [2.24, 2.45) is 0 Å². The minimum atomic E-state index is -4.50. The van der Waals surface area contributed by atoms with Gasteiger partial charge >= 0.3 is 12.4 Å². The smallest absolute Gasteiger partial charge is 0.338 e. The SMILES string of the molecule is O=C([C@H](Cc1ccccc1)N(Cc1ccc(-c2ccccn2)cc1)C(=O)/C=C\c1ccc(C(F)(F)F)cc1)N1CCN(Cc2ccc(C(F)(F)F)cc2)CC1. The summed E-state index contributed by atoms with van der Waals surface area (Å²) >= 11 is 0. The van der Waals surface area contributed by atoms with Crippen LogP contribution in [-0.4, -0.2) is 63.7 Å². The molecule has 0 radical (unpaired) electrons. The molecule has 0 spiro atoms. The van der Waals surface area contributed by atoms with Crippen molar-refractivity contribution >= 4 is 17.9 Å². The third kappa shape index (κ3) is 10.5. The highest BCUT2D eigenvalue weighted by atomic mass is 19.4. The molecule has 6 nitrogen and oxygen atoms in total. The predicted octanol–water partition coefficient (Wildman–Crippen LogP) is 8.78. The van der Waals surface area contributed by atoms with E-state index in [1.165, 1.54) is 41.3 Å². The van der Waals surface area contributed by atoms with Crippen molar-refractivity contribution in [3.05, 3.63) is 167 Å². The minimum absolute atomic E-state index is 0.0653. The van der Waals surface area contributed by atoms with Crippen molar-refractivity contribution in [1.82, 2.24) is 19.7 Å². The summed E-state index contributed by atoms with van der Waals surface area (Å²) in [5.74, 6) is -0.761. The Kier molecular flexibility index (Phi) is 12.1. The van der Waals surface area contributed by atoms with E-state index in [9.17, 15) is 35.9 Å². The van der Waals surface area contributed by atoms with Gasteiger partial charge in [-0.05, 0) is 64.7 Å². The number of hydrogen-bond donors (Lipinski definition) is 0. The standard InChI is InChI=1S/C43H38F6N4O2/c44-42(45,46)36-18-11-31(12-19-36)15-22-40(54)53(30-34-9-16-35(17-10-34)38-8-4-5-23-50-38)39(28-32-6-2-1-3-7-32)41(55)52-26-24-51(25-27-52)29-33-13-20-37(21-14-33)43(47,48)49/h1-23,39H,24-30H2/b22-15-/t39-/m0/s1. The molecule has 1 fully saturated rings. The van der Waals surface area contributed by atoms with Gasteiger partial charge in [0, 0.05) is 63.5 Å². The van der Waals surface area contributed by atoms with E-state index >= 15 is 0 Å². The average molecular weight is 757 g/mol. The lowest BCUT2D eigenvalue weighted by atomic mass is 10.0. The van der Waals surface area contributed by atoms with Gasteiger partial charge in [0.2, 0.25) is 11.8 Å². The number of aromatic nitrogens is 1. The first kappa shape index (κ1) is 39.0. The van der Waals surface area contributed by atoms with Gasteiger partial charge in [-0.3, -0.25) is 19.5 Å². The first-order chi connectivity index (χ1) is 26.3. The second-order valence-corrected chi connectivity index (χ2v) is 13.3. The highest BCUT2D eigenvalue weighted by molar-refractivity contribution is 5.95. The zero-order chi connectivity index (χ0) is 39.0. The summed E-state index contributed by atoms with van der Waals surface area (Å²) in [5, 5.41) is 0. The van der Waals surface area contributed by atoms with Crippen LogP contribution in [0.5, 0.6) is 0 Å². The molecular weight excluding hydrogens is 718 g/mol. The van der Waals surface area contributed by atoms with Crippen LogP contribution >= 0.6 is 0 Å². The van der Waals surface area contributed by atoms with Crippen LogP contribution in [0.3, 0.4) is 0 Å². The van der Waals surface area contributed by atoms with Crippen LogP contribution < -0.4 is 0 Å². The second kappa shape index (κ2) is 17.2. The Morgan fingerprint density at radius 2 is 1.25 bits per heavy atom. The first-order valence-electron chi connectivity index (χ1n) is 17.7. The first-order valence-corrected chi connectivity index (χ1v) is 17.7. The molecule has 1 aliphatic heterocycles. The third-order valence-corrected chi connectivity index (χ3v) is 9.51. The normalized spacial score (nSPS) is 14.5. The van der Waals surface area contributed by atoms with Gasteiger partial charge in [-0.25, -0.2) is 0 Å². The molecule has 1 saturated heterocycles. The number of rotatable bonds is 11. The summed E-state index contributed by atoms with van der Waals surface area (Å²) in [7, 11) is 0. The Morgan fingerprint density at radius 3 is 1.84 bits per heavy atom. The summed E-state index contributed by atoms with van der Waals surface area (Å²) in [4.78, 5) is 38.4. The van der Waals surface area contributed by atoms with E-state index in [0.29, 0.717) is 38.3 Å². The molecule has 55 heavy (non-hydrogen) atoms. The summed E-state index contributed by atoms with van der Waals surface area (Å²) < 4.78 is 78.7. The Labute approximate surface area is 315 Å². The molecule has 12 heteroatoms. The lowest BCUT2D eigenvalue weighted by Crippen LogP contribution is -2.56. The summed E-state index contributed by atoms with van der Waals surface area (Å²) in [6.07, 6.45) is -4.31. The predicted molar refractivity (Wildman–Crippen MR) is 198 cm³/mol. The van der Waals surface area contributed by atoms with E-state index in [1.807, 2.05) is 72.8 Å². The summed E-state index contributed by atoms with van der Waals surface area (Å²) in [6, 6.07) is 31.0. The number of halogens is 6. The molecule has 1 aromatic heterocycles. The molecular formula is C43H38F6N4O2. The second-order valence-electron chi connectivity index (χ2n) is 13.3. The minimum Gasteiger partial charge on any atom is -0.338 e.